The van der Waals surface area contributed by atoms with E-state index >= 15 is 0 Å². The number of nitrogens with two attached hydrogens (primary N) is 1. The summed E-state index contributed by atoms with van der Waals surface area (Å²) in [6.45, 7) is 3.40. The Morgan fingerprint density at radius 3 is 2.50 bits per heavy atom. The molecule has 2 fully saturated rings. The molecule has 0 bridgehead atoms. The van der Waals surface area contributed by atoms with E-state index in [2.05, 4.69) is 31.9 Å². The van der Waals surface area contributed by atoms with Crippen molar-refractivity contribution in [1.82, 2.24) is 14.9 Å². The number of hydrogen-bond donors (Lipinski definition) is 1. The van der Waals surface area contributed by atoms with E-state index in [1.165, 1.54) is 5.56 Å². The highest BCUT2D eigenvalue weighted by Crippen LogP contribution is 2.39. The molecule has 1 aliphatic carbocycles. The van der Waals surface area contributed by atoms with Crippen LogP contribution in [0.3, 0.4) is 0 Å². The van der Waals surface area contributed by atoms with Crippen LogP contribution in [-0.2, 0) is 0 Å². The molecule has 26 heavy (non-hydrogen) atoms. The smallest absolute Gasteiger partial charge is 0.225 e. The fraction of sp³-hybridized carbons (Fsp3) is 0.421. The van der Waals surface area contributed by atoms with Crippen molar-refractivity contribution in [3.8, 4) is 0 Å². The van der Waals surface area contributed by atoms with Gasteiger partial charge in [0, 0.05) is 43.6 Å². The lowest BCUT2D eigenvalue weighted by molar-refractivity contribution is 0.336. The highest BCUT2D eigenvalue weighted by atomic mass is 35.5. The Morgan fingerprint density at radius 1 is 1.08 bits per heavy atom. The molecule has 2 aliphatic rings. The van der Waals surface area contributed by atoms with Crippen molar-refractivity contribution < 1.29 is 0 Å². The largest absolute Gasteiger partial charge is 0.370 e. The van der Waals surface area contributed by atoms with Gasteiger partial charge in [0.2, 0.25) is 5.95 Å². The number of aromatic nitrogens is 2. The lowest BCUT2D eigenvalue weighted by atomic mass is 9.76. The molecule has 0 unspecified atom stereocenters. The standard InChI is InChI=1S/C19H23ClN6/c20-16-4-1-3-14(11-16)15-12-17(13-15)24-18(21)25-7-9-26(10-8-25)19-22-5-2-6-23-19/h1-6,11,15,17H,7-10,12-13H2,(H2,21,24). The Morgan fingerprint density at radius 2 is 1.81 bits per heavy atom. The van der Waals surface area contributed by atoms with Gasteiger partial charge in [0.15, 0.2) is 5.96 Å². The van der Waals surface area contributed by atoms with Crippen molar-refractivity contribution in [3.63, 3.8) is 0 Å². The van der Waals surface area contributed by atoms with Gasteiger partial charge in [-0.2, -0.15) is 0 Å². The number of piperazine rings is 1. The first-order valence-corrected chi connectivity index (χ1v) is 9.42. The fourth-order valence-electron chi connectivity index (χ4n) is 3.58. The molecule has 136 valence electrons. The predicted molar refractivity (Wildman–Crippen MR) is 105 cm³/mol. The van der Waals surface area contributed by atoms with Gasteiger partial charge in [-0.1, -0.05) is 23.7 Å². The number of benzene rings is 1. The van der Waals surface area contributed by atoms with Gasteiger partial charge >= 0.3 is 0 Å². The van der Waals surface area contributed by atoms with Gasteiger partial charge in [0.1, 0.15) is 0 Å². The van der Waals surface area contributed by atoms with Crippen molar-refractivity contribution >= 4 is 23.5 Å². The summed E-state index contributed by atoms with van der Waals surface area (Å²) < 4.78 is 0. The molecule has 0 spiro atoms. The summed E-state index contributed by atoms with van der Waals surface area (Å²) in [4.78, 5) is 17.7. The van der Waals surface area contributed by atoms with Crippen LogP contribution < -0.4 is 10.6 Å². The first kappa shape index (κ1) is 17.1. The van der Waals surface area contributed by atoms with E-state index in [0.717, 1.165) is 50.0 Å². The molecular weight excluding hydrogens is 348 g/mol. The number of nitrogens with zero attached hydrogens (tertiary/aromatic N) is 5. The topological polar surface area (TPSA) is 70.6 Å². The van der Waals surface area contributed by atoms with Gasteiger partial charge in [-0.15, -0.1) is 0 Å². The zero-order valence-electron chi connectivity index (χ0n) is 14.6. The van der Waals surface area contributed by atoms with E-state index in [-0.39, 0.29) is 0 Å². The fourth-order valence-corrected chi connectivity index (χ4v) is 3.78. The number of hydrogen-bond acceptors (Lipinski definition) is 4. The van der Waals surface area contributed by atoms with Gasteiger partial charge < -0.3 is 15.5 Å². The van der Waals surface area contributed by atoms with Crippen LogP contribution in [0.4, 0.5) is 5.95 Å². The van der Waals surface area contributed by atoms with Crippen molar-refractivity contribution in [2.45, 2.75) is 24.8 Å². The summed E-state index contributed by atoms with van der Waals surface area (Å²) in [5, 5.41) is 0.800. The van der Waals surface area contributed by atoms with Crippen molar-refractivity contribution in [2.24, 2.45) is 10.7 Å². The van der Waals surface area contributed by atoms with Crippen LogP contribution in [0.5, 0.6) is 0 Å². The molecule has 0 amide bonds. The summed E-state index contributed by atoms with van der Waals surface area (Å²) >= 11 is 6.08. The number of anilines is 1. The van der Waals surface area contributed by atoms with Gasteiger partial charge in [-0.3, -0.25) is 0 Å². The molecule has 7 heteroatoms. The van der Waals surface area contributed by atoms with Gasteiger partial charge in [0.05, 0.1) is 6.04 Å². The molecule has 1 aromatic carbocycles. The summed E-state index contributed by atoms with van der Waals surface area (Å²) in [6.07, 6.45) is 5.63. The predicted octanol–water partition coefficient (Wildman–Crippen LogP) is 2.51. The van der Waals surface area contributed by atoms with E-state index in [4.69, 9.17) is 22.3 Å². The van der Waals surface area contributed by atoms with Crippen LogP contribution in [0.2, 0.25) is 5.02 Å². The number of halogens is 1. The highest BCUT2D eigenvalue weighted by molar-refractivity contribution is 6.30. The average Bonchev–Trinajstić information content (AvgIpc) is 2.65. The molecule has 2 aromatic rings. The Bertz CT molecular complexity index is 767. The average molecular weight is 371 g/mol. The summed E-state index contributed by atoms with van der Waals surface area (Å²) in [5.74, 6) is 1.99. The van der Waals surface area contributed by atoms with Gasteiger partial charge in [-0.25, -0.2) is 15.0 Å². The summed E-state index contributed by atoms with van der Waals surface area (Å²) in [6, 6.07) is 10.3. The third-order valence-corrected chi connectivity index (χ3v) is 5.42. The van der Waals surface area contributed by atoms with Crippen molar-refractivity contribution in [2.75, 3.05) is 31.1 Å². The zero-order valence-corrected chi connectivity index (χ0v) is 15.4. The second-order valence-electron chi connectivity index (χ2n) is 6.89. The Balaban J connectivity index is 1.28. The molecule has 0 radical (unpaired) electrons. The van der Waals surface area contributed by atoms with Crippen molar-refractivity contribution in [3.05, 3.63) is 53.3 Å². The lowest BCUT2D eigenvalue weighted by Crippen LogP contribution is -2.52. The van der Waals surface area contributed by atoms with Crippen LogP contribution in [-0.4, -0.2) is 53.0 Å². The Hall–Kier alpha value is -2.34. The Kier molecular flexibility index (Phi) is 4.93. The SMILES string of the molecule is NC(=NC1CC(c2cccc(Cl)c2)C1)N1CCN(c2ncccn2)CC1. The molecule has 6 nitrogen and oxygen atoms in total. The molecule has 4 rings (SSSR count). The quantitative estimate of drug-likeness (QED) is 0.664. The van der Waals surface area contributed by atoms with Crippen LogP contribution >= 0.6 is 11.6 Å². The van der Waals surface area contributed by atoms with E-state index in [9.17, 15) is 0 Å². The molecular formula is C19H23ClN6. The normalized spacial score (nSPS) is 23.7. The van der Waals surface area contributed by atoms with Crippen molar-refractivity contribution in [1.29, 1.82) is 0 Å². The van der Waals surface area contributed by atoms with E-state index < -0.39 is 0 Å². The second-order valence-corrected chi connectivity index (χ2v) is 7.32. The van der Waals surface area contributed by atoms with E-state index in [0.29, 0.717) is 17.9 Å². The lowest BCUT2D eigenvalue weighted by Gasteiger charge is -2.37. The molecule has 1 saturated carbocycles. The highest BCUT2D eigenvalue weighted by Gasteiger charge is 2.31. The summed E-state index contributed by atoms with van der Waals surface area (Å²) in [5.41, 5.74) is 7.56. The molecule has 2 heterocycles. The van der Waals surface area contributed by atoms with E-state index in [1.807, 2.05) is 18.2 Å². The molecule has 1 aliphatic heterocycles. The maximum Gasteiger partial charge on any atom is 0.225 e. The molecule has 1 aromatic heterocycles. The van der Waals surface area contributed by atoms with E-state index in [1.54, 1.807) is 12.4 Å². The minimum Gasteiger partial charge on any atom is -0.370 e. The van der Waals surface area contributed by atoms with Crippen LogP contribution in [0, 0.1) is 0 Å². The number of rotatable bonds is 3. The first-order valence-electron chi connectivity index (χ1n) is 9.04. The monoisotopic (exact) mass is 370 g/mol. The Labute approximate surface area is 158 Å². The maximum absolute atomic E-state index is 6.26. The molecule has 2 N–H and O–H groups in total. The van der Waals surface area contributed by atoms with Gasteiger partial charge in [0.25, 0.3) is 0 Å². The maximum atomic E-state index is 6.26. The second kappa shape index (κ2) is 7.50. The number of aliphatic imine (C=N–C) groups is 1. The van der Waals surface area contributed by atoms with Gasteiger partial charge in [-0.05, 0) is 42.5 Å². The minimum atomic E-state index is 0.314. The first-order chi connectivity index (χ1) is 12.7. The minimum absolute atomic E-state index is 0.314. The zero-order chi connectivity index (χ0) is 17.9. The third-order valence-electron chi connectivity index (χ3n) is 5.19. The number of guanidine groups is 1. The molecule has 0 atom stereocenters. The third kappa shape index (κ3) is 3.75. The van der Waals surface area contributed by atoms with Crippen LogP contribution in [0.25, 0.3) is 0 Å². The summed E-state index contributed by atoms with van der Waals surface area (Å²) in [7, 11) is 0. The van der Waals surface area contributed by atoms with Crippen LogP contribution in [0.15, 0.2) is 47.7 Å². The van der Waals surface area contributed by atoms with Crippen LogP contribution in [0.1, 0.15) is 24.3 Å². The molecule has 1 saturated heterocycles.